The minimum Gasteiger partial charge on any atom is -0.382 e. The topological polar surface area (TPSA) is 44.8 Å². The third kappa shape index (κ3) is 7.57. The molecule has 1 rings (SSSR count). The summed E-state index contributed by atoms with van der Waals surface area (Å²) in [6.07, 6.45) is 6.80. The summed E-state index contributed by atoms with van der Waals surface area (Å²) in [5.41, 5.74) is 1.76. The van der Waals surface area contributed by atoms with Gasteiger partial charge in [-0.1, -0.05) is 38.3 Å². The van der Waals surface area contributed by atoms with Gasteiger partial charge in [0.25, 0.3) is 0 Å². The van der Waals surface area contributed by atoms with Crippen molar-refractivity contribution in [3.05, 3.63) is 35.4 Å². The molecule has 1 aromatic carbocycles. The van der Waals surface area contributed by atoms with Crippen LogP contribution in [0.25, 0.3) is 0 Å². The van der Waals surface area contributed by atoms with Gasteiger partial charge in [-0.15, -0.1) is 0 Å². The van der Waals surface area contributed by atoms with Gasteiger partial charge in [-0.25, -0.2) is 4.79 Å². The summed E-state index contributed by atoms with van der Waals surface area (Å²) in [6, 6.07) is 7.54. The van der Waals surface area contributed by atoms with Crippen LogP contribution in [0.3, 0.4) is 0 Å². The number of carbonyl (C=O) groups is 1. The lowest BCUT2D eigenvalue weighted by atomic mass is 10.0. The summed E-state index contributed by atoms with van der Waals surface area (Å²) in [5, 5.41) is 0. The van der Waals surface area contributed by atoms with Crippen LogP contribution in [0.15, 0.2) is 24.3 Å². The van der Waals surface area contributed by atoms with Gasteiger partial charge in [0.1, 0.15) is 0 Å². The summed E-state index contributed by atoms with van der Waals surface area (Å²) in [7, 11) is 1.64. The molecule has 22 heavy (non-hydrogen) atoms. The fraction of sp³-hybridized carbons (Fsp3) is 0.611. The highest BCUT2D eigenvalue weighted by Gasteiger charge is 2.09. The molecule has 0 heterocycles. The van der Waals surface area contributed by atoms with Crippen molar-refractivity contribution >= 4 is 5.97 Å². The number of ether oxygens (including phenoxy) is 1. The molecule has 0 N–H and O–H groups in total. The van der Waals surface area contributed by atoms with Crippen LogP contribution < -0.4 is 0 Å². The zero-order chi connectivity index (χ0) is 16.2. The highest BCUT2D eigenvalue weighted by molar-refractivity contribution is 5.88. The molecule has 0 aliphatic carbocycles. The molecule has 4 heteroatoms. The van der Waals surface area contributed by atoms with E-state index in [0.717, 1.165) is 6.42 Å². The van der Waals surface area contributed by atoms with E-state index in [2.05, 4.69) is 6.92 Å². The maximum absolute atomic E-state index is 11.8. The van der Waals surface area contributed by atoms with Gasteiger partial charge in [-0.05, 0) is 37.5 Å². The molecule has 0 aromatic heterocycles. The Morgan fingerprint density at radius 3 is 2.50 bits per heavy atom. The van der Waals surface area contributed by atoms with Crippen LogP contribution in [0, 0.1) is 0 Å². The Kier molecular flexibility index (Phi) is 9.51. The second-order valence-electron chi connectivity index (χ2n) is 5.54. The van der Waals surface area contributed by atoms with Crippen LogP contribution in [0.5, 0.6) is 0 Å². The lowest BCUT2D eigenvalue weighted by Crippen LogP contribution is -2.12. The van der Waals surface area contributed by atoms with Crippen LogP contribution >= 0.6 is 0 Å². The highest BCUT2D eigenvalue weighted by Crippen LogP contribution is 2.11. The summed E-state index contributed by atoms with van der Waals surface area (Å²) in [6.45, 7) is 4.47. The van der Waals surface area contributed by atoms with Crippen molar-refractivity contribution in [1.82, 2.24) is 0 Å². The van der Waals surface area contributed by atoms with Crippen molar-refractivity contribution in [2.75, 3.05) is 13.7 Å². The highest BCUT2D eigenvalue weighted by atomic mass is 17.2. The smallest absolute Gasteiger partial charge is 0.373 e. The minimum atomic E-state index is -0.456. The molecule has 0 bridgehead atoms. The first-order chi connectivity index (χ1) is 10.7. The van der Waals surface area contributed by atoms with Gasteiger partial charge < -0.3 is 4.74 Å². The normalized spacial score (nSPS) is 12.1. The molecule has 0 saturated heterocycles. The van der Waals surface area contributed by atoms with Gasteiger partial charge in [-0.2, -0.15) is 4.89 Å². The van der Waals surface area contributed by atoms with Crippen LogP contribution in [0.2, 0.25) is 0 Å². The van der Waals surface area contributed by atoms with Crippen LogP contribution in [-0.4, -0.2) is 25.8 Å². The second kappa shape index (κ2) is 11.2. The molecule has 1 atom stereocenters. The molecule has 0 amide bonds. The number of unbranched alkanes of at least 4 members (excludes halogenated alkanes) is 3. The first-order valence-electron chi connectivity index (χ1n) is 8.13. The lowest BCUT2D eigenvalue weighted by molar-refractivity contribution is -0.244. The van der Waals surface area contributed by atoms with Gasteiger partial charge in [-0.3, -0.25) is 4.89 Å². The monoisotopic (exact) mass is 308 g/mol. The molecule has 0 aliphatic heterocycles. The fourth-order valence-corrected chi connectivity index (χ4v) is 2.04. The molecule has 1 aromatic rings. The summed E-state index contributed by atoms with van der Waals surface area (Å²) < 4.78 is 5.08. The Balaban J connectivity index is 2.28. The van der Waals surface area contributed by atoms with Crippen LogP contribution in [0.4, 0.5) is 0 Å². The Labute approximate surface area is 133 Å². The van der Waals surface area contributed by atoms with Crippen molar-refractivity contribution < 1.29 is 19.3 Å². The number of hydrogen-bond donors (Lipinski definition) is 0. The molecule has 1 unspecified atom stereocenters. The number of rotatable bonds is 11. The average molecular weight is 308 g/mol. The second-order valence-corrected chi connectivity index (χ2v) is 5.54. The van der Waals surface area contributed by atoms with Crippen molar-refractivity contribution in [2.45, 2.75) is 58.5 Å². The number of carbonyl (C=O) groups excluding carboxylic acids is 1. The number of methoxy groups -OCH3 is 1. The quantitative estimate of drug-likeness (QED) is 0.347. The van der Waals surface area contributed by atoms with Gasteiger partial charge in [0.05, 0.1) is 18.3 Å². The van der Waals surface area contributed by atoms with Gasteiger partial charge in [0, 0.05) is 13.5 Å². The van der Waals surface area contributed by atoms with Crippen molar-refractivity contribution in [3.8, 4) is 0 Å². The van der Waals surface area contributed by atoms with Crippen molar-refractivity contribution in [2.24, 2.45) is 0 Å². The van der Waals surface area contributed by atoms with Gasteiger partial charge in [0.2, 0.25) is 0 Å². The average Bonchev–Trinajstić information content (AvgIpc) is 2.55. The summed E-state index contributed by atoms with van der Waals surface area (Å²) >= 11 is 0. The zero-order valence-electron chi connectivity index (χ0n) is 14.0. The van der Waals surface area contributed by atoms with Crippen LogP contribution in [0.1, 0.15) is 61.9 Å². The molecule has 0 fully saturated rings. The maximum Gasteiger partial charge on any atom is 0.373 e. The Morgan fingerprint density at radius 1 is 1.14 bits per heavy atom. The van der Waals surface area contributed by atoms with Gasteiger partial charge in [0.15, 0.2) is 0 Å². The number of aryl methyl sites for hydroxylation is 1. The van der Waals surface area contributed by atoms with E-state index in [1.54, 1.807) is 19.2 Å². The molecular formula is C18H28O4. The predicted octanol–water partition coefficient (Wildman–Crippen LogP) is 4.32. The van der Waals surface area contributed by atoms with E-state index in [4.69, 9.17) is 14.5 Å². The largest absolute Gasteiger partial charge is 0.382 e. The third-order valence-corrected chi connectivity index (χ3v) is 3.65. The lowest BCUT2D eigenvalue weighted by Gasteiger charge is -2.08. The standard InChI is InChI=1S/C18H28O4/c1-4-5-6-7-8-16-9-11-17(12-10-16)18(19)22-21-14-13-15(2)20-3/h9-12,15H,4-8,13-14H2,1-3H3. The predicted molar refractivity (Wildman–Crippen MR) is 86.7 cm³/mol. The number of benzene rings is 1. The van der Waals surface area contributed by atoms with E-state index in [0.29, 0.717) is 18.6 Å². The molecule has 0 spiro atoms. The van der Waals surface area contributed by atoms with E-state index in [1.807, 2.05) is 19.1 Å². The van der Waals surface area contributed by atoms with E-state index in [1.165, 1.54) is 31.2 Å². The van der Waals surface area contributed by atoms with E-state index in [-0.39, 0.29) is 6.10 Å². The molecule has 4 nitrogen and oxygen atoms in total. The molecule has 0 saturated carbocycles. The first kappa shape index (κ1) is 18.7. The Hall–Kier alpha value is -1.39. The molecule has 0 aliphatic rings. The zero-order valence-corrected chi connectivity index (χ0v) is 14.0. The summed E-state index contributed by atoms with van der Waals surface area (Å²) in [4.78, 5) is 21.5. The molecular weight excluding hydrogens is 280 g/mol. The Bertz CT molecular complexity index is 414. The minimum absolute atomic E-state index is 0.0886. The Morgan fingerprint density at radius 2 is 1.86 bits per heavy atom. The third-order valence-electron chi connectivity index (χ3n) is 3.65. The fourth-order valence-electron chi connectivity index (χ4n) is 2.04. The maximum atomic E-state index is 11.8. The SMILES string of the molecule is CCCCCCc1ccc(C(=O)OOCCC(C)OC)cc1. The molecule has 124 valence electrons. The van der Waals surface area contributed by atoms with E-state index >= 15 is 0 Å². The summed E-state index contributed by atoms with van der Waals surface area (Å²) in [5.74, 6) is -0.456. The van der Waals surface area contributed by atoms with Crippen molar-refractivity contribution in [1.29, 1.82) is 0 Å². The van der Waals surface area contributed by atoms with Gasteiger partial charge >= 0.3 is 5.97 Å². The molecule has 0 radical (unpaired) electrons. The van der Waals surface area contributed by atoms with E-state index < -0.39 is 5.97 Å². The number of hydrogen-bond acceptors (Lipinski definition) is 4. The van der Waals surface area contributed by atoms with Crippen LogP contribution in [-0.2, 0) is 20.9 Å². The van der Waals surface area contributed by atoms with E-state index in [9.17, 15) is 4.79 Å². The first-order valence-corrected chi connectivity index (χ1v) is 8.13. The van der Waals surface area contributed by atoms with Crippen molar-refractivity contribution in [3.63, 3.8) is 0 Å².